The fourth-order valence-electron chi connectivity index (χ4n) is 1.93. The van der Waals surface area contributed by atoms with E-state index < -0.39 is 0 Å². The van der Waals surface area contributed by atoms with Crippen LogP contribution in [0.3, 0.4) is 0 Å². The van der Waals surface area contributed by atoms with Crippen molar-refractivity contribution in [2.45, 2.75) is 6.04 Å². The zero-order chi connectivity index (χ0) is 15.2. The fourth-order valence-corrected chi connectivity index (χ4v) is 2.70. The summed E-state index contributed by atoms with van der Waals surface area (Å²) in [7, 11) is 1.65. The van der Waals surface area contributed by atoms with Crippen LogP contribution in [0.4, 0.5) is 0 Å². The average molecular weight is 415 g/mol. The molecule has 1 atom stereocenters. The predicted octanol–water partition coefficient (Wildman–Crippen LogP) is 4.28. The summed E-state index contributed by atoms with van der Waals surface area (Å²) >= 11 is 6.95. The van der Waals surface area contributed by atoms with E-state index >= 15 is 0 Å². The van der Waals surface area contributed by atoms with Gasteiger partial charge >= 0.3 is 0 Å². The molecule has 2 aromatic carbocycles. The SMILES string of the molecule is COCCOc1ccc(C(N)c2ccc(Br)cc2)cc1Br. The standard InChI is InChI=1S/C16H17Br2NO2/c1-20-8-9-21-15-7-4-12(10-14(15)18)16(19)11-2-5-13(17)6-3-11/h2-7,10,16H,8-9,19H2,1H3. The molecule has 0 saturated heterocycles. The number of benzene rings is 2. The quantitative estimate of drug-likeness (QED) is 0.717. The maximum Gasteiger partial charge on any atom is 0.133 e. The lowest BCUT2D eigenvalue weighted by Gasteiger charge is -2.15. The van der Waals surface area contributed by atoms with Crippen LogP contribution in [0.25, 0.3) is 0 Å². The van der Waals surface area contributed by atoms with Crippen molar-refractivity contribution >= 4 is 31.9 Å². The summed E-state index contributed by atoms with van der Waals surface area (Å²) in [5.41, 5.74) is 8.41. The van der Waals surface area contributed by atoms with Crippen LogP contribution >= 0.6 is 31.9 Å². The molecule has 2 aromatic rings. The van der Waals surface area contributed by atoms with E-state index in [1.54, 1.807) is 7.11 Å². The Morgan fingerprint density at radius 3 is 2.29 bits per heavy atom. The molecule has 0 heterocycles. The molecule has 0 radical (unpaired) electrons. The zero-order valence-electron chi connectivity index (χ0n) is 11.7. The van der Waals surface area contributed by atoms with Gasteiger partial charge in [-0.15, -0.1) is 0 Å². The van der Waals surface area contributed by atoms with E-state index in [4.69, 9.17) is 15.2 Å². The molecule has 1 unspecified atom stereocenters. The van der Waals surface area contributed by atoms with E-state index in [1.807, 2.05) is 42.5 Å². The summed E-state index contributed by atoms with van der Waals surface area (Å²) in [5, 5.41) is 0. The minimum absolute atomic E-state index is 0.164. The molecule has 0 fully saturated rings. The minimum Gasteiger partial charge on any atom is -0.490 e. The molecule has 3 nitrogen and oxygen atoms in total. The fraction of sp³-hybridized carbons (Fsp3) is 0.250. The third kappa shape index (κ3) is 4.54. The Morgan fingerprint density at radius 2 is 1.67 bits per heavy atom. The lowest BCUT2D eigenvalue weighted by molar-refractivity contribution is 0.146. The van der Waals surface area contributed by atoms with Crippen LogP contribution in [0.2, 0.25) is 0 Å². The summed E-state index contributed by atoms with van der Waals surface area (Å²) in [4.78, 5) is 0. The van der Waals surface area contributed by atoms with E-state index in [0.717, 1.165) is 25.8 Å². The first-order valence-electron chi connectivity index (χ1n) is 6.54. The molecule has 2 rings (SSSR count). The Hall–Kier alpha value is -0.880. The van der Waals surface area contributed by atoms with Crippen LogP contribution in [0.5, 0.6) is 5.75 Å². The Labute approximate surface area is 141 Å². The number of methoxy groups -OCH3 is 1. The molecule has 0 amide bonds. The van der Waals surface area contributed by atoms with Crippen LogP contribution < -0.4 is 10.5 Å². The normalized spacial score (nSPS) is 12.2. The Morgan fingerprint density at radius 1 is 1.00 bits per heavy atom. The molecular weight excluding hydrogens is 398 g/mol. The first-order chi connectivity index (χ1) is 10.1. The summed E-state index contributed by atoms with van der Waals surface area (Å²) in [5.74, 6) is 0.791. The number of ether oxygens (including phenoxy) is 2. The van der Waals surface area contributed by atoms with Gasteiger partial charge in [0.1, 0.15) is 12.4 Å². The first-order valence-corrected chi connectivity index (χ1v) is 8.12. The Kier molecular flexibility index (Phi) is 6.23. The second-order valence-corrected chi connectivity index (χ2v) is 6.33. The van der Waals surface area contributed by atoms with Crippen LogP contribution in [0.1, 0.15) is 17.2 Å². The van der Waals surface area contributed by atoms with Gasteiger partial charge in [0.2, 0.25) is 0 Å². The van der Waals surface area contributed by atoms with Gasteiger partial charge in [-0.3, -0.25) is 0 Å². The van der Waals surface area contributed by atoms with Gasteiger partial charge in [0, 0.05) is 11.6 Å². The van der Waals surface area contributed by atoms with Crippen LogP contribution in [0, 0.1) is 0 Å². The van der Waals surface area contributed by atoms with Gasteiger partial charge in [-0.05, 0) is 51.3 Å². The van der Waals surface area contributed by atoms with Gasteiger partial charge in [0.15, 0.2) is 0 Å². The molecule has 0 bridgehead atoms. The molecule has 0 aliphatic heterocycles. The summed E-state index contributed by atoms with van der Waals surface area (Å²) in [6.07, 6.45) is 0. The third-order valence-corrected chi connectivity index (χ3v) is 4.24. The molecule has 0 spiro atoms. The molecule has 0 aliphatic carbocycles. The highest BCUT2D eigenvalue weighted by atomic mass is 79.9. The summed E-state index contributed by atoms with van der Waals surface area (Å²) in [6, 6.07) is 13.8. The third-order valence-electron chi connectivity index (χ3n) is 3.09. The number of hydrogen-bond acceptors (Lipinski definition) is 3. The summed E-state index contributed by atoms with van der Waals surface area (Å²) < 4.78 is 12.5. The van der Waals surface area contributed by atoms with Crippen molar-refractivity contribution in [1.29, 1.82) is 0 Å². The molecule has 0 saturated carbocycles. The first kappa shape index (κ1) is 16.5. The molecule has 0 aromatic heterocycles. The molecule has 112 valence electrons. The van der Waals surface area contributed by atoms with Crippen LogP contribution in [0.15, 0.2) is 51.4 Å². The van der Waals surface area contributed by atoms with Crippen molar-refractivity contribution in [3.05, 3.63) is 62.5 Å². The van der Waals surface area contributed by atoms with Crippen molar-refractivity contribution in [2.24, 2.45) is 5.73 Å². The topological polar surface area (TPSA) is 44.5 Å². The highest BCUT2D eigenvalue weighted by Gasteiger charge is 2.11. The second-order valence-electron chi connectivity index (χ2n) is 4.56. The van der Waals surface area contributed by atoms with E-state index in [-0.39, 0.29) is 6.04 Å². The van der Waals surface area contributed by atoms with Crippen LogP contribution in [-0.2, 0) is 4.74 Å². The Balaban J connectivity index is 2.13. The highest BCUT2D eigenvalue weighted by Crippen LogP contribution is 2.30. The zero-order valence-corrected chi connectivity index (χ0v) is 14.9. The Bertz CT molecular complexity index is 587. The van der Waals surface area contributed by atoms with Crippen molar-refractivity contribution in [3.63, 3.8) is 0 Å². The van der Waals surface area contributed by atoms with E-state index in [2.05, 4.69) is 31.9 Å². The number of hydrogen-bond donors (Lipinski definition) is 1. The molecule has 2 N–H and O–H groups in total. The van der Waals surface area contributed by atoms with Crippen molar-refractivity contribution in [3.8, 4) is 5.75 Å². The predicted molar refractivity (Wildman–Crippen MR) is 91.7 cm³/mol. The molecule has 21 heavy (non-hydrogen) atoms. The van der Waals surface area contributed by atoms with E-state index in [9.17, 15) is 0 Å². The average Bonchev–Trinajstić information content (AvgIpc) is 2.49. The summed E-state index contributed by atoms with van der Waals surface area (Å²) in [6.45, 7) is 1.08. The largest absolute Gasteiger partial charge is 0.490 e. The van der Waals surface area contributed by atoms with Gasteiger partial charge in [0.25, 0.3) is 0 Å². The molecule has 0 aliphatic rings. The lowest BCUT2D eigenvalue weighted by atomic mass is 10.00. The second kappa shape index (κ2) is 7.94. The van der Waals surface area contributed by atoms with Gasteiger partial charge < -0.3 is 15.2 Å². The van der Waals surface area contributed by atoms with Crippen molar-refractivity contribution in [2.75, 3.05) is 20.3 Å². The smallest absolute Gasteiger partial charge is 0.133 e. The van der Waals surface area contributed by atoms with E-state index in [0.29, 0.717) is 13.2 Å². The highest BCUT2D eigenvalue weighted by molar-refractivity contribution is 9.10. The van der Waals surface area contributed by atoms with Gasteiger partial charge in [-0.1, -0.05) is 34.1 Å². The number of rotatable bonds is 6. The molecule has 5 heteroatoms. The maximum atomic E-state index is 6.31. The van der Waals surface area contributed by atoms with Crippen LogP contribution in [-0.4, -0.2) is 20.3 Å². The van der Waals surface area contributed by atoms with Gasteiger partial charge in [0.05, 0.1) is 17.1 Å². The minimum atomic E-state index is -0.164. The van der Waals surface area contributed by atoms with Crippen molar-refractivity contribution < 1.29 is 9.47 Å². The molecular formula is C16H17Br2NO2. The van der Waals surface area contributed by atoms with Gasteiger partial charge in [-0.2, -0.15) is 0 Å². The lowest BCUT2D eigenvalue weighted by Crippen LogP contribution is -2.12. The number of halogens is 2. The monoisotopic (exact) mass is 413 g/mol. The number of nitrogens with two attached hydrogens (primary N) is 1. The van der Waals surface area contributed by atoms with Crippen molar-refractivity contribution in [1.82, 2.24) is 0 Å². The van der Waals surface area contributed by atoms with Gasteiger partial charge in [-0.25, -0.2) is 0 Å². The van der Waals surface area contributed by atoms with E-state index in [1.165, 1.54) is 0 Å². The maximum absolute atomic E-state index is 6.31.